The fourth-order valence-corrected chi connectivity index (χ4v) is 2.04. The maximum Gasteiger partial charge on any atom is 0.154 e. The normalized spacial score (nSPS) is 15.4. The first-order valence-corrected chi connectivity index (χ1v) is 6.53. The van der Waals surface area contributed by atoms with Crippen molar-refractivity contribution in [2.45, 2.75) is 18.7 Å². The van der Waals surface area contributed by atoms with Gasteiger partial charge in [-0.25, -0.2) is 4.98 Å². The van der Waals surface area contributed by atoms with Gasteiger partial charge in [-0.1, -0.05) is 11.6 Å². The highest BCUT2D eigenvalue weighted by Gasteiger charge is 2.22. The zero-order valence-electron chi connectivity index (χ0n) is 9.20. The molecule has 2 aromatic rings. The summed E-state index contributed by atoms with van der Waals surface area (Å²) in [5, 5.41) is 0.602. The molecule has 1 fully saturated rings. The van der Waals surface area contributed by atoms with Gasteiger partial charge in [0.2, 0.25) is 0 Å². The van der Waals surface area contributed by atoms with Gasteiger partial charge < -0.3 is 9.14 Å². The second-order valence-corrected chi connectivity index (χ2v) is 5.05. The predicted molar refractivity (Wildman–Crippen MR) is 68.0 cm³/mol. The smallest absolute Gasteiger partial charge is 0.154 e. The van der Waals surface area contributed by atoms with Crippen molar-refractivity contribution < 1.29 is 4.74 Å². The maximum atomic E-state index is 6.15. The average Bonchev–Trinajstić information content (AvgIpc) is 3.06. The van der Waals surface area contributed by atoms with E-state index in [9.17, 15) is 0 Å². The van der Waals surface area contributed by atoms with Gasteiger partial charge >= 0.3 is 0 Å². The zero-order valence-corrected chi connectivity index (χ0v) is 10.7. The molecular formula is C12H12Cl2N2O. The minimum atomic E-state index is 0.400. The summed E-state index contributed by atoms with van der Waals surface area (Å²) < 4.78 is 7.59. The average molecular weight is 271 g/mol. The van der Waals surface area contributed by atoms with E-state index in [4.69, 9.17) is 27.9 Å². The van der Waals surface area contributed by atoms with Crippen LogP contribution in [0.1, 0.15) is 18.5 Å². The molecule has 3 rings (SSSR count). The highest BCUT2D eigenvalue weighted by molar-refractivity contribution is 6.32. The number of ether oxygens (including phenoxy) is 1. The number of aromatic nitrogens is 2. The van der Waals surface area contributed by atoms with Crippen LogP contribution in [0.5, 0.6) is 5.75 Å². The molecule has 2 heterocycles. The number of fused-ring (bicyclic) bond motifs is 1. The summed E-state index contributed by atoms with van der Waals surface area (Å²) in [6.45, 7) is 0.752. The summed E-state index contributed by atoms with van der Waals surface area (Å²) in [5.41, 5.74) is 1.63. The Morgan fingerprint density at radius 2 is 2.24 bits per heavy atom. The molecule has 3 nitrogen and oxygen atoms in total. The van der Waals surface area contributed by atoms with Gasteiger partial charge in [0.05, 0.1) is 29.4 Å². The summed E-state index contributed by atoms with van der Waals surface area (Å²) in [5.74, 6) is 1.82. The van der Waals surface area contributed by atoms with Crippen molar-refractivity contribution in [1.82, 2.24) is 9.38 Å². The molecule has 0 saturated heterocycles. The van der Waals surface area contributed by atoms with Gasteiger partial charge in [-0.2, -0.15) is 0 Å². The molecule has 0 unspecified atom stereocenters. The van der Waals surface area contributed by atoms with Crippen LogP contribution in [-0.4, -0.2) is 16.0 Å². The fraction of sp³-hybridized carbons (Fsp3) is 0.417. The molecule has 0 bridgehead atoms. The van der Waals surface area contributed by atoms with E-state index in [2.05, 4.69) is 4.98 Å². The number of pyridine rings is 1. The van der Waals surface area contributed by atoms with E-state index < -0.39 is 0 Å². The maximum absolute atomic E-state index is 6.15. The second kappa shape index (κ2) is 4.39. The Labute approximate surface area is 109 Å². The van der Waals surface area contributed by atoms with Gasteiger partial charge in [-0.05, 0) is 18.8 Å². The Kier molecular flexibility index (Phi) is 2.89. The van der Waals surface area contributed by atoms with Crippen LogP contribution in [0.25, 0.3) is 5.65 Å². The molecule has 5 heteroatoms. The Balaban J connectivity index is 1.90. The molecule has 0 spiro atoms. The number of hydrogen-bond acceptors (Lipinski definition) is 2. The van der Waals surface area contributed by atoms with E-state index >= 15 is 0 Å². The Bertz CT molecular complexity index is 549. The van der Waals surface area contributed by atoms with E-state index in [0.29, 0.717) is 22.6 Å². The van der Waals surface area contributed by atoms with Crippen LogP contribution in [0.3, 0.4) is 0 Å². The van der Waals surface area contributed by atoms with Crippen LogP contribution >= 0.6 is 23.2 Å². The van der Waals surface area contributed by atoms with Crippen molar-refractivity contribution in [2.24, 2.45) is 5.92 Å². The van der Waals surface area contributed by atoms with E-state index in [1.807, 2.05) is 16.8 Å². The molecule has 0 N–H and O–H groups in total. The summed E-state index contributed by atoms with van der Waals surface area (Å²) in [6, 6.07) is 1.81. The van der Waals surface area contributed by atoms with Crippen molar-refractivity contribution in [3.05, 3.63) is 29.2 Å². The molecule has 17 heavy (non-hydrogen) atoms. The van der Waals surface area contributed by atoms with Gasteiger partial charge in [0.1, 0.15) is 5.65 Å². The SMILES string of the molecule is ClCc1cn2cc(OCC3CC3)c(Cl)cc2n1. The lowest BCUT2D eigenvalue weighted by atomic mass is 10.4. The van der Waals surface area contributed by atoms with Crippen molar-refractivity contribution >= 4 is 28.8 Å². The van der Waals surface area contributed by atoms with Crippen molar-refractivity contribution in [2.75, 3.05) is 6.61 Å². The van der Waals surface area contributed by atoms with Crippen molar-refractivity contribution in [1.29, 1.82) is 0 Å². The van der Waals surface area contributed by atoms with E-state index in [1.54, 1.807) is 6.07 Å². The number of rotatable bonds is 4. The Morgan fingerprint density at radius 3 is 2.94 bits per heavy atom. The molecule has 1 saturated carbocycles. The predicted octanol–water partition coefficient (Wildman–Crippen LogP) is 3.52. The van der Waals surface area contributed by atoms with Crippen LogP contribution in [0.4, 0.5) is 0 Å². The van der Waals surface area contributed by atoms with Crippen LogP contribution in [0.15, 0.2) is 18.5 Å². The highest BCUT2D eigenvalue weighted by atomic mass is 35.5. The molecule has 0 aromatic carbocycles. The second-order valence-electron chi connectivity index (χ2n) is 4.37. The van der Waals surface area contributed by atoms with Gasteiger partial charge in [0.15, 0.2) is 5.75 Å². The Morgan fingerprint density at radius 1 is 1.41 bits per heavy atom. The number of hydrogen-bond donors (Lipinski definition) is 0. The zero-order chi connectivity index (χ0) is 11.8. The first-order valence-electron chi connectivity index (χ1n) is 5.62. The Hall–Kier alpha value is -0.930. The standard InChI is InChI=1S/C12H12Cl2N2O/c13-4-9-5-16-6-11(17-7-8-1-2-8)10(14)3-12(16)15-9/h3,5-6,8H,1-2,4,7H2. The lowest BCUT2D eigenvalue weighted by molar-refractivity contribution is 0.298. The molecule has 0 aliphatic heterocycles. The van der Waals surface area contributed by atoms with Crippen LogP contribution in [0.2, 0.25) is 5.02 Å². The minimum Gasteiger partial charge on any atom is -0.490 e. The molecule has 1 aliphatic carbocycles. The lowest BCUT2D eigenvalue weighted by Crippen LogP contribution is -2.00. The largest absolute Gasteiger partial charge is 0.490 e. The summed E-state index contributed by atoms with van der Waals surface area (Å²) in [6.07, 6.45) is 6.29. The third-order valence-electron chi connectivity index (χ3n) is 2.87. The number of nitrogens with zero attached hydrogens (tertiary/aromatic N) is 2. The topological polar surface area (TPSA) is 26.5 Å². The van der Waals surface area contributed by atoms with Gasteiger partial charge in [0.25, 0.3) is 0 Å². The van der Waals surface area contributed by atoms with E-state index in [-0.39, 0.29) is 0 Å². The molecule has 0 atom stereocenters. The quantitative estimate of drug-likeness (QED) is 0.795. The molecular weight excluding hydrogens is 259 g/mol. The molecule has 0 amide bonds. The number of halogens is 2. The first-order chi connectivity index (χ1) is 8.26. The monoisotopic (exact) mass is 270 g/mol. The summed E-state index contributed by atoms with van der Waals surface area (Å²) >= 11 is 11.9. The summed E-state index contributed by atoms with van der Waals surface area (Å²) in [7, 11) is 0. The fourth-order valence-electron chi connectivity index (χ4n) is 1.71. The van der Waals surface area contributed by atoms with Gasteiger partial charge in [-0.3, -0.25) is 0 Å². The third kappa shape index (κ3) is 2.35. The molecule has 90 valence electrons. The minimum absolute atomic E-state index is 0.400. The van der Waals surface area contributed by atoms with E-state index in [0.717, 1.165) is 17.9 Å². The van der Waals surface area contributed by atoms with Crippen molar-refractivity contribution in [3.8, 4) is 5.75 Å². The van der Waals surface area contributed by atoms with Gasteiger partial charge in [-0.15, -0.1) is 11.6 Å². The van der Waals surface area contributed by atoms with Crippen LogP contribution < -0.4 is 4.74 Å². The highest BCUT2D eigenvalue weighted by Crippen LogP contribution is 2.32. The van der Waals surface area contributed by atoms with Crippen molar-refractivity contribution in [3.63, 3.8) is 0 Å². The molecule has 2 aromatic heterocycles. The van der Waals surface area contributed by atoms with Crippen LogP contribution in [0, 0.1) is 5.92 Å². The molecule has 1 aliphatic rings. The molecule has 0 radical (unpaired) electrons. The third-order valence-corrected chi connectivity index (χ3v) is 3.44. The first kappa shape index (κ1) is 11.2. The number of imidazole rings is 1. The number of alkyl halides is 1. The van der Waals surface area contributed by atoms with Gasteiger partial charge in [0, 0.05) is 12.3 Å². The summed E-state index contributed by atoms with van der Waals surface area (Å²) in [4.78, 5) is 4.33. The van der Waals surface area contributed by atoms with E-state index in [1.165, 1.54) is 12.8 Å². The lowest BCUT2D eigenvalue weighted by Gasteiger charge is -2.07. The van der Waals surface area contributed by atoms with Crippen LogP contribution in [-0.2, 0) is 5.88 Å².